The molecule has 138 valence electrons. The highest BCUT2D eigenvalue weighted by atomic mass is 35.5. The summed E-state index contributed by atoms with van der Waals surface area (Å²) in [7, 11) is -1.20. The molecule has 0 amide bonds. The average Bonchev–Trinajstić information content (AvgIpc) is 2.85. The molecule has 9 heteroatoms. The number of hydrogen-bond acceptors (Lipinski definition) is 4. The highest BCUT2D eigenvalue weighted by Crippen LogP contribution is 2.34. The van der Waals surface area contributed by atoms with Crippen LogP contribution in [-0.4, -0.2) is 31.1 Å². The van der Waals surface area contributed by atoms with E-state index in [1.165, 1.54) is 22.9 Å². The second kappa shape index (κ2) is 8.16. The minimum absolute atomic E-state index is 0.00245. The lowest BCUT2D eigenvalue weighted by Gasteiger charge is -2.16. The Morgan fingerprint density at radius 1 is 1.28 bits per heavy atom. The Bertz CT molecular complexity index is 720. The lowest BCUT2D eigenvalue weighted by Crippen LogP contribution is -2.22. The molecule has 1 heterocycles. The summed E-state index contributed by atoms with van der Waals surface area (Å²) in [6.07, 6.45) is 0. The highest BCUT2D eigenvalue weighted by Gasteiger charge is 2.17. The molecule has 0 aliphatic carbocycles. The van der Waals surface area contributed by atoms with E-state index in [9.17, 15) is 8.78 Å². The third kappa shape index (κ3) is 5.98. The summed E-state index contributed by atoms with van der Waals surface area (Å²) in [6.45, 7) is 4.60. The van der Waals surface area contributed by atoms with Gasteiger partial charge >= 0.3 is 6.61 Å². The second-order valence-corrected chi connectivity index (χ2v) is 12.9. The molecule has 0 spiro atoms. The van der Waals surface area contributed by atoms with Gasteiger partial charge in [0.1, 0.15) is 18.3 Å². The fourth-order valence-corrected chi connectivity index (χ4v) is 3.11. The fraction of sp³-hybridized carbons (Fsp3) is 0.438. The summed E-state index contributed by atoms with van der Waals surface area (Å²) >= 11 is 6.01. The quantitative estimate of drug-likeness (QED) is 0.525. The van der Waals surface area contributed by atoms with Crippen LogP contribution in [0.25, 0.3) is 11.3 Å². The molecular weight excluding hydrogens is 368 g/mol. The van der Waals surface area contributed by atoms with Gasteiger partial charge in [-0.1, -0.05) is 31.2 Å². The van der Waals surface area contributed by atoms with Gasteiger partial charge in [-0.05, 0) is 24.2 Å². The van der Waals surface area contributed by atoms with Crippen LogP contribution in [0.15, 0.2) is 24.3 Å². The summed E-state index contributed by atoms with van der Waals surface area (Å²) in [5.41, 5.74) is 6.66. The van der Waals surface area contributed by atoms with Gasteiger partial charge in [0.15, 0.2) is 0 Å². The van der Waals surface area contributed by atoms with Crippen molar-refractivity contribution in [2.75, 3.05) is 12.3 Å². The van der Waals surface area contributed by atoms with Crippen LogP contribution in [0.5, 0.6) is 5.75 Å². The Balaban J connectivity index is 2.24. The van der Waals surface area contributed by atoms with Crippen LogP contribution < -0.4 is 10.5 Å². The smallest absolute Gasteiger partial charge is 0.387 e. The van der Waals surface area contributed by atoms with E-state index in [-0.39, 0.29) is 18.3 Å². The number of ether oxygens (including phenoxy) is 2. The molecule has 0 aliphatic heterocycles. The molecule has 0 aliphatic rings. The van der Waals surface area contributed by atoms with Crippen LogP contribution in [-0.2, 0) is 11.5 Å². The first-order valence-electron chi connectivity index (χ1n) is 7.81. The molecule has 25 heavy (non-hydrogen) atoms. The number of aromatic nitrogens is 2. The van der Waals surface area contributed by atoms with E-state index < -0.39 is 14.7 Å². The number of nitrogens with two attached hydrogens (primary N) is 1. The van der Waals surface area contributed by atoms with Crippen LogP contribution >= 0.6 is 11.6 Å². The molecule has 2 N–H and O–H groups in total. The average molecular weight is 390 g/mol. The third-order valence-corrected chi connectivity index (χ3v) is 5.38. The zero-order valence-corrected chi connectivity index (χ0v) is 16.2. The van der Waals surface area contributed by atoms with Crippen LogP contribution in [0.4, 0.5) is 14.6 Å². The molecule has 0 unspecified atom stereocenters. The van der Waals surface area contributed by atoms with E-state index in [1.54, 1.807) is 6.07 Å². The summed E-state index contributed by atoms with van der Waals surface area (Å²) in [6, 6.07) is 7.00. The second-order valence-electron chi connectivity index (χ2n) is 6.82. The number of halogens is 3. The minimum atomic E-state index is -2.94. The van der Waals surface area contributed by atoms with Gasteiger partial charge in [-0.25, -0.2) is 4.68 Å². The number of nitrogens with zero attached hydrogens (tertiary/aromatic N) is 2. The molecule has 1 aromatic heterocycles. The van der Waals surface area contributed by atoms with Gasteiger partial charge in [0.05, 0.1) is 5.69 Å². The molecule has 2 aromatic rings. The zero-order chi connectivity index (χ0) is 18.6. The standard InChI is InChI=1S/C16H22ClF2N3O2Si/c1-25(2,3)7-6-23-10-22-13(9-15(20)21-22)12-8-11(17)4-5-14(12)24-16(18)19/h4-5,8-9,16H,6-7,10H2,1-3H3,(H2,20,21). The Hall–Kier alpha value is -1.64. The number of benzene rings is 1. The maximum Gasteiger partial charge on any atom is 0.387 e. The number of nitrogen functional groups attached to an aromatic ring is 1. The molecule has 2 rings (SSSR count). The van der Waals surface area contributed by atoms with Crippen LogP contribution in [0, 0.1) is 0 Å². The number of anilines is 1. The van der Waals surface area contributed by atoms with Gasteiger partial charge in [0, 0.05) is 31.3 Å². The van der Waals surface area contributed by atoms with Crippen LogP contribution in [0.3, 0.4) is 0 Å². The van der Waals surface area contributed by atoms with Crippen molar-refractivity contribution in [3.8, 4) is 17.0 Å². The van der Waals surface area contributed by atoms with E-state index in [1.807, 2.05) is 0 Å². The van der Waals surface area contributed by atoms with Crippen molar-refractivity contribution in [2.45, 2.75) is 39.0 Å². The largest absolute Gasteiger partial charge is 0.434 e. The summed E-state index contributed by atoms with van der Waals surface area (Å²) in [4.78, 5) is 0. The maximum atomic E-state index is 12.7. The molecule has 0 radical (unpaired) electrons. The number of alkyl halides is 2. The monoisotopic (exact) mass is 389 g/mol. The lowest BCUT2D eigenvalue weighted by atomic mass is 10.1. The van der Waals surface area contributed by atoms with Crippen LogP contribution in [0.1, 0.15) is 0 Å². The zero-order valence-electron chi connectivity index (χ0n) is 14.4. The summed E-state index contributed by atoms with van der Waals surface area (Å²) < 4.78 is 37.1. The fourth-order valence-electron chi connectivity index (χ4n) is 2.18. The van der Waals surface area contributed by atoms with Gasteiger partial charge in [-0.3, -0.25) is 0 Å². The minimum Gasteiger partial charge on any atom is -0.434 e. The molecule has 0 saturated carbocycles. The van der Waals surface area contributed by atoms with Crippen molar-refractivity contribution < 1.29 is 18.3 Å². The number of rotatable bonds is 8. The highest BCUT2D eigenvalue weighted by molar-refractivity contribution is 6.76. The molecule has 0 atom stereocenters. The van der Waals surface area contributed by atoms with E-state index in [0.717, 1.165) is 6.04 Å². The van der Waals surface area contributed by atoms with Crippen molar-refractivity contribution in [1.29, 1.82) is 0 Å². The molecule has 0 saturated heterocycles. The van der Waals surface area contributed by atoms with Gasteiger partial charge in [0.25, 0.3) is 0 Å². The Labute approximate surface area is 151 Å². The van der Waals surface area contributed by atoms with Gasteiger partial charge < -0.3 is 15.2 Å². The SMILES string of the molecule is C[Si](C)(C)CCOCn1nc(N)cc1-c1cc(Cl)ccc1OC(F)F. The topological polar surface area (TPSA) is 62.3 Å². The third-order valence-electron chi connectivity index (χ3n) is 3.44. The van der Waals surface area contributed by atoms with Gasteiger partial charge in [-0.2, -0.15) is 13.9 Å². The maximum absolute atomic E-state index is 12.7. The number of hydrogen-bond donors (Lipinski definition) is 1. The molecular formula is C16H22ClF2N3O2Si. The first-order chi connectivity index (χ1) is 11.7. The molecule has 0 bridgehead atoms. The van der Waals surface area contributed by atoms with Crippen molar-refractivity contribution in [3.63, 3.8) is 0 Å². The normalized spacial score (nSPS) is 12.0. The van der Waals surface area contributed by atoms with E-state index in [4.69, 9.17) is 22.1 Å². The lowest BCUT2D eigenvalue weighted by molar-refractivity contribution is -0.0494. The molecule has 1 aromatic carbocycles. The Morgan fingerprint density at radius 3 is 2.64 bits per heavy atom. The van der Waals surface area contributed by atoms with Crippen molar-refractivity contribution >= 4 is 25.5 Å². The molecule has 5 nitrogen and oxygen atoms in total. The van der Waals surface area contributed by atoms with E-state index in [2.05, 4.69) is 29.5 Å². The first-order valence-corrected chi connectivity index (χ1v) is 11.9. The van der Waals surface area contributed by atoms with E-state index >= 15 is 0 Å². The predicted molar refractivity (Wildman–Crippen MR) is 97.8 cm³/mol. The van der Waals surface area contributed by atoms with Crippen molar-refractivity contribution in [3.05, 3.63) is 29.3 Å². The van der Waals surface area contributed by atoms with Crippen LogP contribution in [0.2, 0.25) is 30.7 Å². The summed E-state index contributed by atoms with van der Waals surface area (Å²) in [5.74, 6) is 0.259. The Morgan fingerprint density at radius 2 is 2.00 bits per heavy atom. The van der Waals surface area contributed by atoms with Crippen molar-refractivity contribution in [1.82, 2.24) is 9.78 Å². The Kier molecular flexibility index (Phi) is 6.42. The predicted octanol–water partition coefficient (Wildman–Crippen LogP) is 4.70. The van der Waals surface area contributed by atoms with E-state index in [0.29, 0.717) is 22.9 Å². The molecule has 0 fully saturated rings. The van der Waals surface area contributed by atoms with Gasteiger partial charge in [-0.15, -0.1) is 0 Å². The first kappa shape index (κ1) is 19.7. The summed E-state index contributed by atoms with van der Waals surface area (Å²) in [5, 5.41) is 4.56. The van der Waals surface area contributed by atoms with Crippen molar-refractivity contribution in [2.24, 2.45) is 0 Å². The van der Waals surface area contributed by atoms with Gasteiger partial charge in [0.2, 0.25) is 0 Å².